The molecular weight excluding hydrogens is 156 g/mol. The van der Waals surface area contributed by atoms with Crippen LogP contribution in [0.5, 0.6) is 0 Å². The van der Waals surface area contributed by atoms with Crippen molar-refractivity contribution in [2.24, 2.45) is 5.73 Å². The van der Waals surface area contributed by atoms with E-state index >= 15 is 0 Å². The monoisotopic (exact) mass is 166 g/mol. The summed E-state index contributed by atoms with van der Waals surface area (Å²) in [4.78, 5) is 9.96. The summed E-state index contributed by atoms with van der Waals surface area (Å²) in [6.45, 7) is 0. The standard InChI is InChI=1S/C5H10N2O2.ClH/c6-3-1-4(2-3)7-5(8)9;/h3-4,7H,1-2,6H2,(H,8,9);1H. The van der Waals surface area contributed by atoms with Crippen LogP contribution < -0.4 is 11.1 Å². The molecule has 0 bridgehead atoms. The van der Waals surface area contributed by atoms with E-state index in [1.165, 1.54) is 0 Å². The fourth-order valence-electron chi connectivity index (χ4n) is 0.954. The molecule has 1 rings (SSSR count). The van der Waals surface area contributed by atoms with Gasteiger partial charge in [0, 0.05) is 12.1 Å². The summed E-state index contributed by atoms with van der Waals surface area (Å²) < 4.78 is 0. The third-order valence-electron chi connectivity index (χ3n) is 1.50. The van der Waals surface area contributed by atoms with E-state index in [0.29, 0.717) is 0 Å². The summed E-state index contributed by atoms with van der Waals surface area (Å²) in [5.74, 6) is 0. The summed E-state index contributed by atoms with van der Waals surface area (Å²) in [5.41, 5.74) is 5.41. The van der Waals surface area contributed by atoms with E-state index < -0.39 is 6.09 Å². The molecule has 0 saturated heterocycles. The van der Waals surface area contributed by atoms with Crippen molar-refractivity contribution in [1.82, 2.24) is 5.32 Å². The van der Waals surface area contributed by atoms with Crippen molar-refractivity contribution in [1.29, 1.82) is 0 Å². The van der Waals surface area contributed by atoms with Gasteiger partial charge in [-0.25, -0.2) is 4.79 Å². The molecule has 0 radical (unpaired) electrons. The summed E-state index contributed by atoms with van der Waals surface area (Å²) >= 11 is 0. The number of hydrogen-bond acceptors (Lipinski definition) is 2. The molecule has 5 heteroatoms. The van der Waals surface area contributed by atoms with Crippen LogP contribution in [-0.2, 0) is 0 Å². The number of carboxylic acid groups (broad SMARTS) is 1. The molecule has 0 aromatic rings. The minimum Gasteiger partial charge on any atom is -0.465 e. The van der Waals surface area contributed by atoms with Crippen molar-refractivity contribution in [3.63, 3.8) is 0 Å². The number of nitrogens with two attached hydrogens (primary N) is 1. The second kappa shape index (κ2) is 3.63. The van der Waals surface area contributed by atoms with Crippen molar-refractivity contribution in [3.05, 3.63) is 0 Å². The van der Waals surface area contributed by atoms with Crippen LogP contribution in [0, 0.1) is 0 Å². The van der Waals surface area contributed by atoms with Gasteiger partial charge in [-0.15, -0.1) is 12.4 Å². The molecule has 0 heterocycles. The van der Waals surface area contributed by atoms with Crippen LogP contribution in [-0.4, -0.2) is 23.3 Å². The lowest BCUT2D eigenvalue weighted by molar-refractivity contribution is 0.178. The zero-order valence-corrected chi connectivity index (χ0v) is 6.23. The van der Waals surface area contributed by atoms with Crippen LogP contribution in [0.15, 0.2) is 0 Å². The van der Waals surface area contributed by atoms with E-state index in [2.05, 4.69) is 5.32 Å². The maximum Gasteiger partial charge on any atom is 0.404 e. The largest absolute Gasteiger partial charge is 0.465 e. The van der Waals surface area contributed by atoms with Gasteiger partial charge in [-0.1, -0.05) is 0 Å². The van der Waals surface area contributed by atoms with Crippen LogP contribution in [0.4, 0.5) is 4.79 Å². The van der Waals surface area contributed by atoms with Gasteiger partial charge < -0.3 is 16.2 Å². The van der Waals surface area contributed by atoms with Gasteiger partial charge in [-0.3, -0.25) is 0 Å². The van der Waals surface area contributed by atoms with Crippen molar-refractivity contribution < 1.29 is 9.90 Å². The average molecular weight is 167 g/mol. The van der Waals surface area contributed by atoms with E-state index in [1.54, 1.807) is 0 Å². The highest BCUT2D eigenvalue weighted by Crippen LogP contribution is 2.16. The Balaban J connectivity index is 0.000000810. The van der Waals surface area contributed by atoms with Gasteiger partial charge in [-0.2, -0.15) is 0 Å². The molecule has 60 valence electrons. The Hall–Kier alpha value is -0.480. The van der Waals surface area contributed by atoms with Gasteiger partial charge in [0.2, 0.25) is 0 Å². The number of halogens is 1. The quantitative estimate of drug-likeness (QED) is 0.520. The van der Waals surface area contributed by atoms with Crippen LogP contribution >= 0.6 is 12.4 Å². The van der Waals surface area contributed by atoms with E-state index in [4.69, 9.17) is 10.8 Å². The number of rotatable bonds is 1. The zero-order valence-electron chi connectivity index (χ0n) is 5.41. The normalized spacial score (nSPS) is 29.7. The minimum absolute atomic E-state index is 0. The molecule has 4 N–H and O–H groups in total. The molecule has 4 nitrogen and oxygen atoms in total. The van der Waals surface area contributed by atoms with Gasteiger partial charge in [0.15, 0.2) is 0 Å². The maximum atomic E-state index is 9.96. The van der Waals surface area contributed by atoms with Crippen molar-refractivity contribution in [2.75, 3.05) is 0 Å². The number of hydrogen-bond donors (Lipinski definition) is 3. The highest BCUT2D eigenvalue weighted by atomic mass is 35.5. The average Bonchev–Trinajstić information content (AvgIpc) is 1.60. The Morgan fingerprint density at radius 2 is 2.10 bits per heavy atom. The number of nitrogens with one attached hydrogen (secondary N) is 1. The van der Waals surface area contributed by atoms with Crippen molar-refractivity contribution >= 4 is 18.5 Å². The summed E-state index contributed by atoms with van der Waals surface area (Å²) in [5, 5.41) is 10.5. The Bertz CT molecular complexity index is 125. The third kappa shape index (κ3) is 2.41. The van der Waals surface area contributed by atoms with E-state index in [0.717, 1.165) is 12.8 Å². The first-order valence-electron chi connectivity index (χ1n) is 2.93. The minimum atomic E-state index is -0.952. The van der Waals surface area contributed by atoms with Crippen LogP contribution in [0.25, 0.3) is 0 Å². The molecule has 0 spiro atoms. The van der Waals surface area contributed by atoms with Crippen LogP contribution in [0.2, 0.25) is 0 Å². The van der Waals surface area contributed by atoms with Crippen LogP contribution in [0.1, 0.15) is 12.8 Å². The number of amides is 1. The second-order valence-electron chi connectivity index (χ2n) is 2.38. The molecule has 0 aromatic carbocycles. The summed E-state index contributed by atoms with van der Waals surface area (Å²) in [6.07, 6.45) is 0.616. The van der Waals surface area contributed by atoms with Gasteiger partial charge >= 0.3 is 6.09 Å². The Kier molecular flexibility index (Phi) is 3.46. The van der Waals surface area contributed by atoms with E-state index in [1.807, 2.05) is 0 Å². The summed E-state index contributed by atoms with van der Waals surface area (Å²) in [6, 6.07) is 0.319. The first-order valence-corrected chi connectivity index (χ1v) is 2.93. The lowest BCUT2D eigenvalue weighted by atomic mass is 9.88. The molecule has 10 heavy (non-hydrogen) atoms. The molecule has 1 aliphatic carbocycles. The predicted octanol–water partition coefficient (Wildman–Crippen LogP) is 0.165. The Labute approximate surface area is 65.2 Å². The molecule has 1 saturated carbocycles. The highest BCUT2D eigenvalue weighted by Gasteiger charge is 2.26. The molecule has 1 amide bonds. The molecule has 0 atom stereocenters. The molecule has 1 fully saturated rings. The molecule has 0 unspecified atom stereocenters. The molecule has 0 aromatic heterocycles. The van der Waals surface area contributed by atoms with Gasteiger partial charge in [-0.05, 0) is 12.8 Å². The topological polar surface area (TPSA) is 75.3 Å². The zero-order chi connectivity index (χ0) is 6.85. The van der Waals surface area contributed by atoms with Gasteiger partial charge in [0.25, 0.3) is 0 Å². The maximum absolute atomic E-state index is 9.96. The lowest BCUT2D eigenvalue weighted by Gasteiger charge is -2.31. The lowest BCUT2D eigenvalue weighted by Crippen LogP contribution is -2.49. The summed E-state index contributed by atoms with van der Waals surface area (Å²) in [7, 11) is 0. The smallest absolute Gasteiger partial charge is 0.404 e. The number of carbonyl (C=O) groups is 1. The fraction of sp³-hybridized carbons (Fsp3) is 0.800. The molecule has 1 aliphatic rings. The van der Waals surface area contributed by atoms with Gasteiger partial charge in [0.05, 0.1) is 0 Å². The highest BCUT2D eigenvalue weighted by molar-refractivity contribution is 5.85. The SMILES string of the molecule is Cl.NC1CC(NC(=O)O)C1. The predicted molar refractivity (Wildman–Crippen MR) is 39.4 cm³/mol. The third-order valence-corrected chi connectivity index (χ3v) is 1.50. The van der Waals surface area contributed by atoms with Crippen LogP contribution in [0.3, 0.4) is 0 Å². The molecule has 0 aliphatic heterocycles. The van der Waals surface area contributed by atoms with Crippen molar-refractivity contribution in [2.45, 2.75) is 24.9 Å². The van der Waals surface area contributed by atoms with E-state index in [-0.39, 0.29) is 24.5 Å². The first-order chi connectivity index (χ1) is 4.18. The second-order valence-corrected chi connectivity index (χ2v) is 2.38. The van der Waals surface area contributed by atoms with Crippen molar-refractivity contribution in [3.8, 4) is 0 Å². The molecular formula is C5H11ClN2O2. The Morgan fingerprint density at radius 3 is 2.40 bits per heavy atom. The van der Waals surface area contributed by atoms with Gasteiger partial charge in [0.1, 0.15) is 0 Å². The Morgan fingerprint density at radius 1 is 1.60 bits per heavy atom. The fourth-order valence-corrected chi connectivity index (χ4v) is 0.954. The first kappa shape index (κ1) is 9.52. The van der Waals surface area contributed by atoms with E-state index in [9.17, 15) is 4.79 Å².